The molecule has 0 aromatic heterocycles. The lowest BCUT2D eigenvalue weighted by Gasteiger charge is -1.81. The molecule has 0 heterocycles. The summed E-state index contributed by atoms with van der Waals surface area (Å²) in [5, 5.41) is 0. The van der Waals surface area contributed by atoms with Crippen LogP contribution in [0.4, 0.5) is 0 Å². The minimum Gasteiger partial charge on any atom is -0.0917 e. The maximum atomic E-state index is 2.18. The molecule has 0 saturated heterocycles. The number of allylic oxidation sites excluding steroid dienone is 4. The van der Waals surface area contributed by atoms with Crippen LogP contribution in [-0.4, -0.2) is 0 Å². The van der Waals surface area contributed by atoms with E-state index in [9.17, 15) is 0 Å². The average molecular weight is 110 g/mol. The summed E-state index contributed by atoms with van der Waals surface area (Å²) in [4.78, 5) is 0. The van der Waals surface area contributed by atoms with Gasteiger partial charge in [0, 0.05) is 0 Å². The van der Waals surface area contributed by atoms with Crippen LogP contribution in [-0.2, 0) is 0 Å². The first kappa shape index (κ1) is 7.48. The fourth-order valence-corrected chi connectivity index (χ4v) is 0.526. The molecule has 0 radical (unpaired) electrons. The fourth-order valence-electron chi connectivity index (χ4n) is 0.526. The van der Waals surface area contributed by atoms with E-state index in [2.05, 4.69) is 38.2 Å². The quantitative estimate of drug-likeness (QED) is 0.387. The van der Waals surface area contributed by atoms with E-state index in [1.165, 1.54) is 12.8 Å². The molecule has 0 saturated carbocycles. The van der Waals surface area contributed by atoms with Gasteiger partial charge in [0.1, 0.15) is 0 Å². The Morgan fingerprint density at radius 3 is 1.50 bits per heavy atom. The monoisotopic (exact) mass is 110 g/mol. The molecule has 0 aromatic carbocycles. The zero-order valence-electron chi connectivity index (χ0n) is 5.72. The standard InChI is InChI=1S/C8H14/c1-3-5-7-8-6-4-2/h3-6H,7-8H2,1-2H3/b5-3-,6-4+. The van der Waals surface area contributed by atoms with Gasteiger partial charge in [0.2, 0.25) is 0 Å². The normalized spacial score (nSPS) is 11.8. The Balaban J connectivity index is 2.93. The smallest absolute Gasteiger partial charge is 0.0316 e. The van der Waals surface area contributed by atoms with Crippen molar-refractivity contribution >= 4 is 0 Å². The van der Waals surface area contributed by atoms with E-state index in [0.29, 0.717) is 0 Å². The Morgan fingerprint density at radius 1 is 0.875 bits per heavy atom. The molecule has 0 rings (SSSR count). The summed E-state index contributed by atoms with van der Waals surface area (Å²) < 4.78 is 0. The first-order valence-corrected chi connectivity index (χ1v) is 3.14. The van der Waals surface area contributed by atoms with Gasteiger partial charge in [-0.05, 0) is 26.7 Å². The number of rotatable bonds is 3. The summed E-state index contributed by atoms with van der Waals surface area (Å²) >= 11 is 0. The molecule has 0 unspecified atom stereocenters. The van der Waals surface area contributed by atoms with Crippen molar-refractivity contribution in [2.24, 2.45) is 0 Å². The number of hydrogen-bond donors (Lipinski definition) is 0. The van der Waals surface area contributed by atoms with Crippen LogP contribution in [0.2, 0.25) is 0 Å². The summed E-state index contributed by atoms with van der Waals surface area (Å²) in [5.74, 6) is 0. The van der Waals surface area contributed by atoms with Gasteiger partial charge in [-0.25, -0.2) is 0 Å². The van der Waals surface area contributed by atoms with Crippen LogP contribution < -0.4 is 0 Å². The van der Waals surface area contributed by atoms with Crippen molar-refractivity contribution < 1.29 is 0 Å². The van der Waals surface area contributed by atoms with Gasteiger partial charge in [-0.15, -0.1) is 0 Å². The topological polar surface area (TPSA) is 0 Å². The first-order valence-electron chi connectivity index (χ1n) is 3.14. The van der Waals surface area contributed by atoms with Gasteiger partial charge < -0.3 is 0 Å². The third kappa shape index (κ3) is 5.48. The molecule has 0 fully saturated rings. The van der Waals surface area contributed by atoms with Crippen molar-refractivity contribution in [3.05, 3.63) is 24.3 Å². The second-order valence-corrected chi connectivity index (χ2v) is 1.72. The lowest BCUT2D eigenvalue weighted by atomic mass is 10.3. The molecule has 0 nitrogen and oxygen atoms in total. The van der Waals surface area contributed by atoms with Crippen molar-refractivity contribution in [3.8, 4) is 0 Å². The maximum absolute atomic E-state index is 2.18. The molecule has 0 N–H and O–H groups in total. The van der Waals surface area contributed by atoms with Crippen LogP contribution in [0.25, 0.3) is 0 Å². The van der Waals surface area contributed by atoms with Gasteiger partial charge >= 0.3 is 0 Å². The molecular weight excluding hydrogens is 96.1 g/mol. The lowest BCUT2D eigenvalue weighted by Crippen LogP contribution is -1.60. The van der Waals surface area contributed by atoms with E-state index in [-0.39, 0.29) is 0 Å². The van der Waals surface area contributed by atoms with Crippen LogP contribution in [0.1, 0.15) is 26.7 Å². The molecule has 0 aliphatic rings. The second-order valence-electron chi connectivity index (χ2n) is 1.72. The van der Waals surface area contributed by atoms with Gasteiger partial charge in [0.25, 0.3) is 0 Å². The van der Waals surface area contributed by atoms with E-state index in [4.69, 9.17) is 0 Å². The summed E-state index contributed by atoms with van der Waals surface area (Å²) in [5.41, 5.74) is 0. The minimum atomic E-state index is 1.18. The molecule has 0 bridgehead atoms. The van der Waals surface area contributed by atoms with Gasteiger partial charge in [0.15, 0.2) is 0 Å². The van der Waals surface area contributed by atoms with Crippen molar-refractivity contribution in [2.45, 2.75) is 26.7 Å². The highest BCUT2D eigenvalue weighted by Crippen LogP contribution is 1.90. The van der Waals surface area contributed by atoms with E-state index in [1.807, 2.05) is 0 Å². The van der Waals surface area contributed by atoms with Crippen LogP contribution in [0.3, 0.4) is 0 Å². The third-order valence-electron chi connectivity index (χ3n) is 0.971. The molecule has 46 valence electrons. The lowest BCUT2D eigenvalue weighted by molar-refractivity contribution is 1.05. The van der Waals surface area contributed by atoms with Crippen LogP contribution in [0.5, 0.6) is 0 Å². The molecule has 0 heteroatoms. The van der Waals surface area contributed by atoms with Crippen molar-refractivity contribution in [1.82, 2.24) is 0 Å². The largest absolute Gasteiger partial charge is 0.0917 e. The van der Waals surface area contributed by atoms with Crippen molar-refractivity contribution in [1.29, 1.82) is 0 Å². The average Bonchev–Trinajstić information content (AvgIpc) is 1.81. The van der Waals surface area contributed by atoms with Crippen molar-refractivity contribution in [3.63, 3.8) is 0 Å². The summed E-state index contributed by atoms with van der Waals surface area (Å²) in [6, 6.07) is 0. The van der Waals surface area contributed by atoms with Gasteiger partial charge in [0.05, 0.1) is 0 Å². The molecule has 0 spiro atoms. The fraction of sp³-hybridized carbons (Fsp3) is 0.500. The van der Waals surface area contributed by atoms with E-state index < -0.39 is 0 Å². The first-order chi connectivity index (χ1) is 3.91. The molecule has 0 aliphatic carbocycles. The Morgan fingerprint density at radius 2 is 1.25 bits per heavy atom. The van der Waals surface area contributed by atoms with Crippen LogP contribution in [0.15, 0.2) is 24.3 Å². The number of hydrogen-bond acceptors (Lipinski definition) is 0. The van der Waals surface area contributed by atoms with Gasteiger partial charge in [-0.3, -0.25) is 0 Å². The zero-order valence-corrected chi connectivity index (χ0v) is 5.72. The summed E-state index contributed by atoms with van der Waals surface area (Å²) in [7, 11) is 0. The Hall–Kier alpha value is -0.520. The summed E-state index contributed by atoms with van der Waals surface area (Å²) in [6.07, 6.45) is 10.9. The van der Waals surface area contributed by atoms with Gasteiger partial charge in [-0.1, -0.05) is 24.3 Å². The van der Waals surface area contributed by atoms with Crippen molar-refractivity contribution in [2.75, 3.05) is 0 Å². The molecule has 0 amide bonds. The van der Waals surface area contributed by atoms with E-state index in [0.717, 1.165) is 0 Å². The van der Waals surface area contributed by atoms with E-state index >= 15 is 0 Å². The molecule has 0 atom stereocenters. The molecule has 8 heavy (non-hydrogen) atoms. The second kappa shape index (κ2) is 6.48. The SMILES string of the molecule is C/C=C\CC/C=C/C. The number of unbranched alkanes of at least 4 members (excludes halogenated alkanes) is 1. The highest BCUT2D eigenvalue weighted by Gasteiger charge is 1.70. The Bertz CT molecular complexity index is 66.0. The summed E-state index contributed by atoms with van der Waals surface area (Å²) in [6.45, 7) is 4.10. The minimum absolute atomic E-state index is 1.18. The predicted octanol–water partition coefficient (Wildman–Crippen LogP) is 2.92. The maximum Gasteiger partial charge on any atom is -0.0316 e. The third-order valence-corrected chi connectivity index (χ3v) is 0.971. The Labute approximate surface area is 51.9 Å². The zero-order chi connectivity index (χ0) is 6.24. The highest BCUT2D eigenvalue weighted by molar-refractivity contribution is 4.83. The van der Waals surface area contributed by atoms with Crippen LogP contribution >= 0.6 is 0 Å². The Kier molecular flexibility index (Phi) is 6.06. The molecule has 0 aliphatic heterocycles. The predicted molar refractivity (Wildman–Crippen MR) is 38.9 cm³/mol. The van der Waals surface area contributed by atoms with Gasteiger partial charge in [-0.2, -0.15) is 0 Å². The van der Waals surface area contributed by atoms with E-state index in [1.54, 1.807) is 0 Å². The highest BCUT2D eigenvalue weighted by atomic mass is 13.8. The molecule has 0 aromatic rings. The molecular formula is C8H14. The van der Waals surface area contributed by atoms with Crippen LogP contribution in [0, 0.1) is 0 Å².